The van der Waals surface area contributed by atoms with E-state index >= 15 is 0 Å². The highest BCUT2D eigenvalue weighted by molar-refractivity contribution is 7.22. The first-order chi connectivity index (χ1) is 17.4. The third-order valence-electron chi connectivity index (χ3n) is 6.02. The molecule has 3 aromatic rings. The summed E-state index contributed by atoms with van der Waals surface area (Å²) < 4.78 is 0. The van der Waals surface area contributed by atoms with E-state index in [0.29, 0.717) is 12.0 Å². The standard InChI is InChI=1S/C17H18NP.C11H16.3C2H6/c1-12-3-7-14(8-4-12)16-11-17(19)18(16)15-9-5-13(2)6-10-15;1-4-10(3)11-7-5-9(2)6-8-11;3*1-2/h3-10,16,19H,11H2,1-2H3;5-8,10H,4H2,1-3H3;3*1-2H3. The molecule has 2 heteroatoms. The second-order valence-corrected chi connectivity index (χ2v) is 9.08. The average molecular weight is 506 g/mol. The molecule has 0 N–H and O–H groups in total. The van der Waals surface area contributed by atoms with Gasteiger partial charge in [-0.25, -0.2) is 0 Å². The van der Waals surface area contributed by atoms with Crippen LogP contribution in [0.25, 0.3) is 0 Å². The SMILES string of the molecule is CC.CC.CC.CCC(C)c1ccc(C)cc1.Cc1ccc(C2CC(=P)N2c2ccc(C)cc2)cc1. The van der Waals surface area contributed by atoms with Crippen molar-refractivity contribution in [2.45, 2.75) is 101 Å². The van der Waals surface area contributed by atoms with Gasteiger partial charge in [-0.1, -0.05) is 142 Å². The molecular formula is C34H52NP. The Bertz CT molecular complexity index is 956. The zero-order valence-corrected chi connectivity index (χ0v) is 25.9. The Kier molecular flexibility index (Phi) is 17.6. The van der Waals surface area contributed by atoms with Gasteiger partial charge in [0.25, 0.3) is 0 Å². The summed E-state index contributed by atoms with van der Waals surface area (Å²) in [7, 11) is 3.73. The molecule has 1 aliphatic heterocycles. The summed E-state index contributed by atoms with van der Waals surface area (Å²) in [5.74, 6) is 0.704. The zero-order valence-electron chi connectivity index (χ0n) is 24.9. The summed E-state index contributed by atoms with van der Waals surface area (Å²) in [6.07, 6.45) is 2.30. The molecule has 3 aromatic carbocycles. The van der Waals surface area contributed by atoms with E-state index in [1.165, 1.54) is 45.3 Å². The molecule has 2 atom stereocenters. The lowest BCUT2D eigenvalue weighted by Crippen LogP contribution is -2.45. The molecule has 0 aliphatic carbocycles. The van der Waals surface area contributed by atoms with Gasteiger partial charge in [-0.15, -0.1) is 0 Å². The summed E-state index contributed by atoms with van der Waals surface area (Å²) in [6, 6.07) is 26.8. The van der Waals surface area contributed by atoms with Gasteiger partial charge in [-0.3, -0.25) is 0 Å². The average Bonchev–Trinajstić information content (AvgIpc) is 2.93. The maximum Gasteiger partial charge on any atom is 0.0649 e. The van der Waals surface area contributed by atoms with Gasteiger partial charge in [-0.05, 0) is 56.4 Å². The summed E-state index contributed by atoms with van der Waals surface area (Å²) in [5, 5.41) is 0. The lowest BCUT2D eigenvalue weighted by molar-refractivity contribution is 0.665. The van der Waals surface area contributed by atoms with Crippen molar-refractivity contribution < 1.29 is 0 Å². The van der Waals surface area contributed by atoms with Crippen LogP contribution in [0.1, 0.15) is 108 Å². The number of hydrogen-bond acceptors (Lipinski definition) is 0. The van der Waals surface area contributed by atoms with Crippen LogP contribution in [0.5, 0.6) is 0 Å². The van der Waals surface area contributed by atoms with Gasteiger partial charge >= 0.3 is 0 Å². The molecule has 0 aromatic heterocycles. The minimum Gasteiger partial charge on any atom is -0.334 e. The summed E-state index contributed by atoms with van der Waals surface area (Å²) >= 11 is 0. The monoisotopic (exact) mass is 505 g/mol. The van der Waals surface area contributed by atoms with E-state index in [0.717, 1.165) is 6.42 Å². The van der Waals surface area contributed by atoms with Gasteiger partial charge in [0.1, 0.15) is 0 Å². The van der Waals surface area contributed by atoms with Gasteiger partial charge in [0.05, 0.1) is 6.04 Å². The van der Waals surface area contributed by atoms with Crippen LogP contribution < -0.4 is 4.90 Å². The lowest BCUT2D eigenvalue weighted by Gasteiger charge is -2.44. The highest BCUT2D eigenvalue weighted by atomic mass is 31.0. The fourth-order valence-electron chi connectivity index (χ4n) is 3.68. The van der Waals surface area contributed by atoms with Gasteiger partial charge in [0.2, 0.25) is 0 Å². The van der Waals surface area contributed by atoms with Crippen molar-refractivity contribution in [2.75, 3.05) is 4.90 Å². The maximum absolute atomic E-state index is 3.73. The predicted octanol–water partition coefficient (Wildman–Crippen LogP) is 11.1. The van der Waals surface area contributed by atoms with Crippen molar-refractivity contribution in [3.8, 4) is 0 Å². The first-order valence-electron chi connectivity index (χ1n) is 14.0. The quantitative estimate of drug-likeness (QED) is 0.319. The van der Waals surface area contributed by atoms with E-state index in [9.17, 15) is 0 Å². The molecule has 1 saturated heterocycles. The van der Waals surface area contributed by atoms with Crippen LogP contribution in [0.2, 0.25) is 0 Å². The molecule has 1 aliphatic rings. The first kappa shape index (κ1) is 33.6. The second-order valence-electron chi connectivity index (χ2n) is 8.50. The molecule has 1 nitrogen and oxygen atoms in total. The number of aryl methyl sites for hydroxylation is 3. The molecule has 0 radical (unpaired) electrons. The first-order valence-corrected chi connectivity index (χ1v) is 14.5. The minimum atomic E-state index is 0.454. The molecular weight excluding hydrogens is 453 g/mol. The minimum absolute atomic E-state index is 0.454. The van der Waals surface area contributed by atoms with Gasteiger partial charge in [-0.2, -0.15) is 0 Å². The van der Waals surface area contributed by atoms with Crippen LogP contribution in [-0.2, 0) is 0 Å². The van der Waals surface area contributed by atoms with Gasteiger partial charge in [0.15, 0.2) is 0 Å². The van der Waals surface area contributed by atoms with Crippen molar-refractivity contribution in [2.24, 2.45) is 0 Å². The lowest BCUT2D eigenvalue weighted by atomic mass is 9.93. The van der Waals surface area contributed by atoms with Crippen LogP contribution in [0, 0.1) is 20.8 Å². The Balaban J connectivity index is 0.000000617. The molecule has 4 rings (SSSR count). The zero-order chi connectivity index (χ0) is 27.7. The van der Waals surface area contributed by atoms with Crippen molar-refractivity contribution >= 4 is 20.0 Å². The molecule has 36 heavy (non-hydrogen) atoms. The van der Waals surface area contributed by atoms with Crippen molar-refractivity contribution in [1.82, 2.24) is 0 Å². The van der Waals surface area contributed by atoms with Crippen molar-refractivity contribution in [1.29, 1.82) is 0 Å². The van der Waals surface area contributed by atoms with Crippen LogP contribution >= 0.6 is 8.86 Å². The fourth-order valence-corrected chi connectivity index (χ4v) is 4.15. The smallest absolute Gasteiger partial charge is 0.0649 e. The number of benzene rings is 3. The van der Waals surface area contributed by atoms with E-state index in [4.69, 9.17) is 0 Å². The Morgan fingerprint density at radius 1 is 0.694 bits per heavy atom. The third-order valence-corrected chi connectivity index (χ3v) is 6.47. The molecule has 2 unspecified atom stereocenters. The maximum atomic E-state index is 3.73. The topological polar surface area (TPSA) is 3.24 Å². The molecule has 0 amide bonds. The summed E-state index contributed by atoms with van der Waals surface area (Å²) in [5.41, 5.74) is 9.31. The Hall–Kier alpha value is -2.37. The van der Waals surface area contributed by atoms with E-state index in [2.05, 4.69) is 121 Å². The second kappa shape index (κ2) is 18.8. The van der Waals surface area contributed by atoms with Crippen LogP contribution in [0.3, 0.4) is 0 Å². The number of hydrogen-bond donors (Lipinski definition) is 0. The fraction of sp³-hybridized carbons (Fsp3) is 0.441. The summed E-state index contributed by atoms with van der Waals surface area (Å²) in [6.45, 7) is 22.9. The Labute approximate surface area is 226 Å². The number of anilines is 1. The highest BCUT2D eigenvalue weighted by Crippen LogP contribution is 2.40. The largest absolute Gasteiger partial charge is 0.334 e. The van der Waals surface area contributed by atoms with E-state index < -0.39 is 0 Å². The Morgan fingerprint density at radius 3 is 1.47 bits per heavy atom. The molecule has 0 bridgehead atoms. The number of nitrogens with zero attached hydrogens (tertiary/aromatic N) is 1. The molecule has 0 spiro atoms. The Morgan fingerprint density at radius 2 is 1.08 bits per heavy atom. The van der Waals surface area contributed by atoms with Crippen LogP contribution in [0.4, 0.5) is 5.69 Å². The predicted molar refractivity (Wildman–Crippen MR) is 169 cm³/mol. The molecule has 1 fully saturated rings. The molecule has 1 heterocycles. The van der Waals surface area contributed by atoms with E-state index in [1.807, 2.05) is 41.5 Å². The van der Waals surface area contributed by atoms with Crippen LogP contribution in [-0.4, -0.2) is 5.42 Å². The van der Waals surface area contributed by atoms with Crippen molar-refractivity contribution in [3.05, 3.63) is 101 Å². The van der Waals surface area contributed by atoms with E-state index in [-0.39, 0.29) is 0 Å². The summed E-state index contributed by atoms with van der Waals surface area (Å²) in [4.78, 5) is 2.36. The normalized spacial score (nSPS) is 14.1. The van der Waals surface area contributed by atoms with Crippen LogP contribution in [0.15, 0.2) is 72.8 Å². The van der Waals surface area contributed by atoms with Gasteiger partial charge in [0, 0.05) is 17.5 Å². The van der Waals surface area contributed by atoms with Crippen molar-refractivity contribution in [3.63, 3.8) is 0 Å². The van der Waals surface area contributed by atoms with Gasteiger partial charge < -0.3 is 4.90 Å². The highest BCUT2D eigenvalue weighted by Gasteiger charge is 2.33. The number of rotatable bonds is 4. The molecule has 198 valence electrons. The molecule has 0 saturated carbocycles. The van der Waals surface area contributed by atoms with E-state index in [1.54, 1.807) is 0 Å². The third kappa shape index (κ3) is 10.3.